The van der Waals surface area contributed by atoms with Gasteiger partial charge in [-0.1, -0.05) is 45.7 Å². The molecule has 1 atom stereocenters. The smallest absolute Gasteiger partial charge is 0.0544 e. The average molecular weight is 285 g/mol. The molecule has 0 N–H and O–H groups in total. The molecule has 0 radical (unpaired) electrons. The van der Waals surface area contributed by atoms with Crippen LogP contribution in [0.4, 0.5) is 0 Å². The highest BCUT2D eigenvalue weighted by molar-refractivity contribution is 9.12. The van der Waals surface area contributed by atoms with Crippen LogP contribution in [0.25, 0.3) is 0 Å². The zero-order valence-electron chi connectivity index (χ0n) is 7.27. The highest BCUT2D eigenvalue weighted by Crippen LogP contribution is 2.19. The standard InChI is InChI=1S/C8H15Br2N/c1-7(2)4-11-6-8(3,10)5-9/h4,7H,5-6H2,1-3H3. The topological polar surface area (TPSA) is 12.4 Å². The average Bonchev–Trinajstić information content (AvgIpc) is 1.87. The van der Waals surface area contributed by atoms with Crippen molar-refractivity contribution in [2.75, 3.05) is 11.9 Å². The Kier molecular flexibility index (Phi) is 5.61. The van der Waals surface area contributed by atoms with Crippen molar-refractivity contribution in [3.8, 4) is 0 Å². The molecule has 0 fully saturated rings. The van der Waals surface area contributed by atoms with E-state index >= 15 is 0 Å². The lowest BCUT2D eigenvalue weighted by Gasteiger charge is -2.15. The minimum Gasteiger partial charge on any atom is -0.296 e. The van der Waals surface area contributed by atoms with Crippen LogP contribution in [0.3, 0.4) is 0 Å². The van der Waals surface area contributed by atoms with E-state index in [1.54, 1.807) is 0 Å². The summed E-state index contributed by atoms with van der Waals surface area (Å²) in [5.74, 6) is 0.550. The van der Waals surface area contributed by atoms with Crippen molar-refractivity contribution in [2.24, 2.45) is 10.9 Å². The fourth-order valence-corrected chi connectivity index (χ4v) is 0.818. The van der Waals surface area contributed by atoms with Crippen LogP contribution in [0, 0.1) is 5.92 Å². The summed E-state index contributed by atoms with van der Waals surface area (Å²) in [6, 6.07) is 0. The molecule has 0 aliphatic rings. The number of nitrogens with zero attached hydrogens (tertiary/aromatic N) is 1. The van der Waals surface area contributed by atoms with E-state index in [4.69, 9.17) is 0 Å². The lowest BCUT2D eigenvalue weighted by molar-refractivity contribution is 0.751. The summed E-state index contributed by atoms with van der Waals surface area (Å²) in [7, 11) is 0. The fraction of sp³-hybridized carbons (Fsp3) is 0.875. The van der Waals surface area contributed by atoms with Crippen LogP contribution in [-0.2, 0) is 0 Å². The minimum absolute atomic E-state index is 0.110. The van der Waals surface area contributed by atoms with Crippen LogP contribution in [0.1, 0.15) is 20.8 Å². The van der Waals surface area contributed by atoms with Gasteiger partial charge in [-0.15, -0.1) is 0 Å². The van der Waals surface area contributed by atoms with Gasteiger partial charge in [0.25, 0.3) is 0 Å². The Morgan fingerprint density at radius 3 is 2.45 bits per heavy atom. The Morgan fingerprint density at radius 2 is 2.09 bits per heavy atom. The monoisotopic (exact) mass is 283 g/mol. The lowest BCUT2D eigenvalue weighted by Crippen LogP contribution is -2.21. The molecule has 0 aromatic rings. The number of aliphatic imine (C=N–C) groups is 1. The van der Waals surface area contributed by atoms with Gasteiger partial charge in [0.15, 0.2) is 0 Å². The van der Waals surface area contributed by atoms with Gasteiger partial charge in [-0.2, -0.15) is 0 Å². The van der Waals surface area contributed by atoms with Crippen molar-refractivity contribution < 1.29 is 0 Å². The molecule has 0 spiro atoms. The van der Waals surface area contributed by atoms with E-state index in [1.807, 2.05) is 6.21 Å². The van der Waals surface area contributed by atoms with Crippen molar-refractivity contribution in [2.45, 2.75) is 25.1 Å². The van der Waals surface area contributed by atoms with Crippen molar-refractivity contribution >= 4 is 38.1 Å². The predicted molar refractivity (Wildman–Crippen MR) is 59.3 cm³/mol. The number of alkyl halides is 2. The highest BCUT2D eigenvalue weighted by atomic mass is 79.9. The van der Waals surface area contributed by atoms with Gasteiger partial charge in [0.05, 0.1) is 10.9 Å². The molecule has 0 heterocycles. The second-order valence-corrected chi connectivity index (χ2v) is 5.76. The fourth-order valence-electron chi connectivity index (χ4n) is 0.496. The molecule has 0 bridgehead atoms. The van der Waals surface area contributed by atoms with Crippen molar-refractivity contribution in [1.82, 2.24) is 0 Å². The number of halogens is 2. The molecule has 0 saturated carbocycles. The molecule has 0 aromatic carbocycles. The van der Waals surface area contributed by atoms with Crippen LogP contribution >= 0.6 is 31.9 Å². The molecular formula is C8H15Br2N. The van der Waals surface area contributed by atoms with Gasteiger partial charge in [-0.25, -0.2) is 0 Å². The summed E-state index contributed by atoms with van der Waals surface area (Å²) in [4.78, 5) is 4.31. The quantitative estimate of drug-likeness (QED) is 0.555. The van der Waals surface area contributed by atoms with Crippen LogP contribution < -0.4 is 0 Å². The van der Waals surface area contributed by atoms with Gasteiger partial charge in [0.2, 0.25) is 0 Å². The Morgan fingerprint density at radius 1 is 1.55 bits per heavy atom. The molecule has 66 valence electrons. The zero-order chi connectivity index (χ0) is 8.91. The maximum atomic E-state index is 4.31. The van der Waals surface area contributed by atoms with Gasteiger partial charge >= 0.3 is 0 Å². The van der Waals surface area contributed by atoms with E-state index in [2.05, 4.69) is 57.6 Å². The van der Waals surface area contributed by atoms with Gasteiger partial charge < -0.3 is 0 Å². The second-order valence-electron chi connectivity index (χ2n) is 3.28. The van der Waals surface area contributed by atoms with Crippen LogP contribution in [0.2, 0.25) is 0 Å². The van der Waals surface area contributed by atoms with E-state index < -0.39 is 0 Å². The molecule has 0 amide bonds. The molecule has 0 rings (SSSR count). The molecular weight excluding hydrogens is 270 g/mol. The Bertz CT molecular complexity index is 130. The first-order chi connectivity index (χ1) is 4.98. The highest BCUT2D eigenvalue weighted by Gasteiger charge is 2.16. The maximum Gasteiger partial charge on any atom is 0.0544 e. The molecule has 1 unspecified atom stereocenters. The van der Waals surface area contributed by atoms with E-state index in [-0.39, 0.29) is 4.32 Å². The summed E-state index contributed by atoms with van der Waals surface area (Å²) in [5.41, 5.74) is 0. The summed E-state index contributed by atoms with van der Waals surface area (Å²) in [6.07, 6.45) is 1.99. The van der Waals surface area contributed by atoms with Crippen LogP contribution in [-0.4, -0.2) is 22.4 Å². The summed E-state index contributed by atoms with van der Waals surface area (Å²) >= 11 is 6.99. The first-order valence-corrected chi connectivity index (χ1v) is 5.64. The minimum atomic E-state index is 0.110. The molecule has 0 saturated heterocycles. The van der Waals surface area contributed by atoms with Crippen LogP contribution in [0.15, 0.2) is 4.99 Å². The van der Waals surface area contributed by atoms with Crippen molar-refractivity contribution in [3.63, 3.8) is 0 Å². The van der Waals surface area contributed by atoms with Crippen molar-refractivity contribution in [1.29, 1.82) is 0 Å². The predicted octanol–water partition coefficient (Wildman–Crippen LogP) is 3.26. The lowest BCUT2D eigenvalue weighted by atomic mass is 10.2. The third-order valence-corrected chi connectivity index (χ3v) is 3.62. The molecule has 0 aliphatic carbocycles. The number of hydrogen-bond acceptors (Lipinski definition) is 1. The largest absolute Gasteiger partial charge is 0.296 e. The van der Waals surface area contributed by atoms with Gasteiger partial charge in [0.1, 0.15) is 0 Å². The summed E-state index contributed by atoms with van der Waals surface area (Å²) in [6.45, 7) is 7.21. The third-order valence-electron chi connectivity index (χ3n) is 1.10. The van der Waals surface area contributed by atoms with E-state index in [9.17, 15) is 0 Å². The number of hydrogen-bond donors (Lipinski definition) is 0. The SMILES string of the molecule is CC(C)C=NCC(C)(Br)CBr. The Labute approximate surface area is 85.9 Å². The third kappa shape index (κ3) is 7.01. The maximum absolute atomic E-state index is 4.31. The van der Waals surface area contributed by atoms with E-state index in [0.717, 1.165) is 11.9 Å². The van der Waals surface area contributed by atoms with Gasteiger partial charge in [-0.3, -0.25) is 4.99 Å². The second kappa shape index (κ2) is 5.31. The molecule has 0 aromatic heterocycles. The molecule has 11 heavy (non-hydrogen) atoms. The normalized spacial score (nSPS) is 17.6. The Balaban J connectivity index is 3.69. The van der Waals surface area contributed by atoms with Gasteiger partial charge in [-0.05, 0) is 12.8 Å². The van der Waals surface area contributed by atoms with Crippen molar-refractivity contribution in [3.05, 3.63) is 0 Å². The number of rotatable bonds is 4. The molecule has 3 heteroatoms. The first-order valence-electron chi connectivity index (χ1n) is 3.73. The van der Waals surface area contributed by atoms with Gasteiger partial charge in [0, 0.05) is 11.5 Å². The molecule has 1 nitrogen and oxygen atoms in total. The Hall–Kier alpha value is 0.630. The summed E-state index contributed by atoms with van der Waals surface area (Å²) < 4.78 is 0.110. The van der Waals surface area contributed by atoms with E-state index in [0.29, 0.717) is 5.92 Å². The van der Waals surface area contributed by atoms with Crippen LogP contribution in [0.5, 0.6) is 0 Å². The molecule has 0 aliphatic heterocycles. The first kappa shape index (κ1) is 11.6. The summed E-state index contributed by atoms with van der Waals surface area (Å²) in [5, 5.41) is 0.926. The van der Waals surface area contributed by atoms with E-state index in [1.165, 1.54) is 0 Å². The zero-order valence-corrected chi connectivity index (χ0v) is 10.4.